The van der Waals surface area contributed by atoms with Crippen LogP contribution in [0.5, 0.6) is 0 Å². The highest BCUT2D eigenvalue weighted by atomic mass is 32.1. The minimum absolute atomic E-state index is 0.133. The molecule has 0 aromatic carbocycles. The van der Waals surface area contributed by atoms with Crippen LogP contribution in [-0.2, 0) is 0 Å². The fourth-order valence-corrected chi connectivity index (χ4v) is 4.00. The van der Waals surface area contributed by atoms with Gasteiger partial charge in [0, 0.05) is 37.9 Å². The second kappa shape index (κ2) is 7.81. The molecular formula is C21H24N6OS. The van der Waals surface area contributed by atoms with E-state index >= 15 is 0 Å². The van der Waals surface area contributed by atoms with Crippen LogP contribution in [-0.4, -0.2) is 59.4 Å². The van der Waals surface area contributed by atoms with Crippen molar-refractivity contribution >= 4 is 44.6 Å². The summed E-state index contributed by atoms with van der Waals surface area (Å²) in [4.78, 5) is 27.7. The SMILES string of the molecule is Cc1cn2cc(NC(=O)c3cc4ccc(N(C)CCN(C)C)nc4s3)ccc2n1. The Bertz CT molecular complexity index is 1180. The summed E-state index contributed by atoms with van der Waals surface area (Å²) in [5.41, 5.74) is 2.53. The molecule has 0 radical (unpaired) electrons. The fourth-order valence-electron chi connectivity index (χ4n) is 3.08. The Balaban J connectivity index is 1.52. The number of fused-ring (bicyclic) bond motifs is 2. The number of amides is 1. The Kier molecular flexibility index (Phi) is 5.21. The Morgan fingerprint density at radius 3 is 2.72 bits per heavy atom. The molecule has 0 atom stereocenters. The van der Waals surface area contributed by atoms with Crippen molar-refractivity contribution in [3.05, 3.63) is 53.3 Å². The summed E-state index contributed by atoms with van der Waals surface area (Å²) in [6.45, 7) is 3.79. The predicted octanol–water partition coefficient (Wildman–Crippen LogP) is 3.50. The summed E-state index contributed by atoms with van der Waals surface area (Å²) in [5, 5.41) is 3.95. The third kappa shape index (κ3) is 4.23. The standard InChI is InChI=1S/C21H24N6OS/c1-14-12-27-13-16(6-8-19(27)22-14)23-20(28)17-11-15-5-7-18(24-21(15)29-17)26(4)10-9-25(2)3/h5-8,11-13H,9-10H2,1-4H3,(H,23,28). The van der Waals surface area contributed by atoms with E-state index in [-0.39, 0.29) is 5.91 Å². The van der Waals surface area contributed by atoms with E-state index in [2.05, 4.69) is 34.2 Å². The van der Waals surface area contributed by atoms with Gasteiger partial charge in [0.25, 0.3) is 5.91 Å². The zero-order valence-corrected chi connectivity index (χ0v) is 17.8. The van der Waals surface area contributed by atoms with Crippen LogP contribution in [0.2, 0.25) is 0 Å². The Hall–Kier alpha value is -2.97. The average Bonchev–Trinajstić information content (AvgIpc) is 3.27. The molecule has 0 fully saturated rings. The molecular weight excluding hydrogens is 384 g/mol. The summed E-state index contributed by atoms with van der Waals surface area (Å²) in [7, 11) is 6.15. The van der Waals surface area contributed by atoms with Crippen LogP contribution in [0, 0.1) is 6.92 Å². The summed E-state index contributed by atoms with van der Waals surface area (Å²) >= 11 is 1.41. The third-order valence-electron chi connectivity index (χ3n) is 4.70. The van der Waals surface area contributed by atoms with Crippen molar-refractivity contribution in [1.82, 2.24) is 19.3 Å². The number of thiophene rings is 1. The van der Waals surface area contributed by atoms with E-state index in [9.17, 15) is 4.79 Å². The lowest BCUT2D eigenvalue weighted by molar-refractivity contribution is 0.103. The molecule has 150 valence electrons. The smallest absolute Gasteiger partial charge is 0.265 e. The number of likely N-dealkylation sites (N-methyl/N-ethyl adjacent to an activating group) is 2. The Labute approximate surface area is 173 Å². The van der Waals surface area contributed by atoms with Crippen LogP contribution < -0.4 is 10.2 Å². The van der Waals surface area contributed by atoms with Crippen molar-refractivity contribution in [1.29, 1.82) is 0 Å². The lowest BCUT2D eigenvalue weighted by Gasteiger charge is -2.20. The average molecular weight is 409 g/mol. The van der Waals surface area contributed by atoms with Crippen molar-refractivity contribution in [2.45, 2.75) is 6.92 Å². The number of aromatic nitrogens is 3. The molecule has 0 saturated carbocycles. The van der Waals surface area contributed by atoms with Crippen molar-refractivity contribution in [2.75, 3.05) is 44.4 Å². The normalized spacial score (nSPS) is 11.5. The van der Waals surface area contributed by atoms with Gasteiger partial charge in [-0.3, -0.25) is 4.79 Å². The van der Waals surface area contributed by atoms with Crippen LogP contribution in [0.3, 0.4) is 0 Å². The highest BCUT2D eigenvalue weighted by molar-refractivity contribution is 7.20. The van der Waals surface area contributed by atoms with Gasteiger partial charge in [0.05, 0.1) is 16.3 Å². The van der Waals surface area contributed by atoms with E-state index < -0.39 is 0 Å². The maximum atomic E-state index is 12.8. The van der Waals surface area contributed by atoms with Gasteiger partial charge in [-0.1, -0.05) is 0 Å². The molecule has 7 nitrogen and oxygen atoms in total. The summed E-state index contributed by atoms with van der Waals surface area (Å²) in [6, 6.07) is 9.68. The monoisotopic (exact) mass is 408 g/mol. The quantitative estimate of drug-likeness (QED) is 0.529. The second-order valence-electron chi connectivity index (χ2n) is 7.42. The number of rotatable bonds is 6. The van der Waals surface area contributed by atoms with Gasteiger partial charge in [0.1, 0.15) is 16.3 Å². The molecule has 4 aromatic rings. The summed E-state index contributed by atoms with van der Waals surface area (Å²) in [6.07, 6.45) is 3.80. The molecule has 0 bridgehead atoms. The molecule has 1 N–H and O–H groups in total. The van der Waals surface area contributed by atoms with E-state index in [1.54, 1.807) is 0 Å². The van der Waals surface area contributed by atoms with Crippen molar-refractivity contribution < 1.29 is 4.79 Å². The van der Waals surface area contributed by atoms with Gasteiger partial charge >= 0.3 is 0 Å². The Morgan fingerprint density at radius 2 is 1.93 bits per heavy atom. The van der Waals surface area contributed by atoms with Gasteiger partial charge in [-0.15, -0.1) is 11.3 Å². The van der Waals surface area contributed by atoms with Gasteiger partial charge in [0.2, 0.25) is 0 Å². The van der Waals surface area contributed by atoms with E-state index in [4.69, 9.17) is 4.98 Å². The van der Waals surface area contributed by atoms with Crippen LogP contribution in [0.25, 0.3) is 15.9 Å². The highest BCUT2D eigenvalue weighted by Gasteiger charge is 2.13. The number of carbonyl (C=O) groups excluding carboxylic acids is 1. The first kappa shape index (κ1) is 19.4. The largest absolute Gasteiger partial charge is 0.358 e. The van der Waals surface area contributed by atoms with Crippen molar-refractivity contribution in [3.8, 4) is 0 Å². The highest BCUT2D eigenvalue weighted by Crippen LogP contribution is 2.27. The van der Waals surface area contributed by atoms with E-state index in [1.807, 2.05) is 61.1 Å². The summed E-state index contributed by atoms with van der Waals surface area (Å²) in [5.74, 6) is 0.779. The number of pyridine rings is 2. The molecule has 0 spiro atoms. The first-order chi connectivity index (χ1) is 13.9. The van der Waals surface area contributed by atoms with Crippen LogP contribution in [0.4, 0.5) is 11.5 Å². The molecule has 8 heteroatoms. The van der Waals surface area contributed by atoms with Gasteiger partial charge < -0.3 is 19.5 Å². The number of nitrogens with zero attached hydrogens (tertiary/aromatic N) is 5. The first-order valence-corrected chi connectivity index (χ1v) is 10.2. The Morgan fingerprint density at radius 1 is 1.10 bits per heavy atom. The molecule has 4 aromatic heterocycles. The van der Waals surface area contributed by atoms with Gasteiger partial charge in [-0.05, 0) is 51.4 Å². The van der Waals surface area contributed by atoms with E-state index in [1.165, 1.54) is 11.3 Å². The number of hydrogen-bond donors (Lipinski definition) is 1. The number of nitrogens with one attached hydrogen (secondary N) is 1. The van der Waals surface area contributed by atoms with Gasteiger partial charge in [-0.2, -0.15) is 0 Å². The van der Waals surface area contributed by atoms with Gasteiger partial charge in [-0.25, -0.2) is 9.97 Å². The van der Waals surface area contributed by atoms with Gasteiger partial charge in [0.15, 0.2) is 0 Å². The molecule has 0 saturated heterocycles. The molecule has 0 unspecified atom stereocenters. The number of carbonyl (C=O) groups is 1. The predicted molar refractivity (Wildman–Crippen MR) is 119 cm³/mol. The molecule has 0 aliphatic rings. The number of hydrogen-bond acceptors (Lipinski definition) is 6. The van der Waals surface area contributed by atoms with Crippen LogP contribution in [0.1, 0.15) is 15.4 Å². The zero-order chi connectivity index (χ0) is 20.5. The van der Waals surface area contributed by atoms with Crippen molar-refractivity contribution in [3.63, 3.8) is 0 Å². The molecule has 4 rings (SSSR count). The zero-order valence-electron chi connectivity index (χ0n) is 17.0. The molecule has 4 heterocycles. The van der Waals surface area contributed by atoms with E-state index in [0.29, 0.717) is 4.88 Å². The molecule has 0 aliphatic carbocycles. The molecule has 1 amide bonds. The number of aryl methyl sites for hydroxylation is 1. The summed E-state index contributed by atoms with van der Waals surface area (Å²) < 4.78 is 1.91. The molecule has 29 heavy (non-hydrogen) atoms. The fraction of sp³-hybridized carbons (Fsp3) is 0.286. The van der Waals surface area contributed by atoms with E-state index in [0.717, 1.165) is 46.2 Å². The van der Waals surface area contributed by atoms with Crippen LogP contribution >= 0.6 is 11.3 Å². The lowest BCUT2D eigenvalue weighted by Crippen LogP contribution is -2.28. The minimum Gasteiger partial charge on any atom is -0.358 e. The lowest BCUT2D eigenvalue weighted by atomic mass is 10.3. The minimum atomic E-state index is -0.133. The maximum Gasteiger partial charge on any atom is 0.265 e. The van der Waals surface area contributed by atoms with Crippen LogP contribution in [0.15, 0.2) is 42.7 Å². The third-order valence-corrected chi connectivity index (χ3v) is 5.74. The van der Waals surface area contributed by atoms with Crippen molar-refractivity contribution in [2.24, 2.45) is 0 Å². The topological polar surface area (TPSA) is 65.8 Å². The number of imidazole rings is 1. The second-order valence-corrected chi connectivity index (χ2v) is 8.45. The number of anilines is 2. The first-order valence-electron chi connectivity index (χ1n) is 9.42. The molecule has 0 aliphatic heterocycles. The maximum absolute atomic E-state index is 12.8.